The maximum absolute atomic E-state index is 12.0. The molecule has 2 amide bonds. The molecule has 2 aromatic carbocycles. The summed E-state index contributed by atoms with van der Waals surface area (Å²) in [6.07, 6.45) is 1.18. The summed E-state index contributed by atoms with van der Waals surface area (Å²) in [6, 6.07) is 19.9. The number of nitrogens with zero attached hydrogens (tertiary/aromatic N) is 1. The van der Waals surface area contributed by atoms with Crippen LogP contribution in [0.1, 0.15) is 37.4 Å². The maximum Gasteiger partial charge on any atom is 0.220 e. The van der Waals surface area contributed by atoms with Crippen molar-refractivity contribution in [2.45, 2.75) is 32.7 Å². The fraction of sp³-hybridized carbons (Fsp3) is 0.333. The van der Waals surface area contributed by atoms with Crippen LogP contribution in [0.4, 0.5) is 0 Å². The molecule has 1 atom stereocenters. The van der Waals surface area contributed by atoms with E-state index in [1.54, 1.807) is 11.8 Å². The number of carbonyl (C=O) groups excluding carboxylic acids is 2. The van der Waals surface area contributed by atoms with Gasteiger partial charge >= 0.3 is 0 Å². The Kier molecular flexibility index (Phi) is 7.20. The first kappa shape index (κ1) is 18.7. The summed E-state index contributed by atoms with van der Waals surface area (Å²) in [4.78, 5) is 25.7. The van der Waals surface area contributed by atoms with Crippen LogP contribution < -0.4 is 5.32 Å². The lowest BCUT2D eigenvalue weighted by atomic mass is 10.1. The Morgan fingerprint density at radius 3 is 2.20 bits per heavy atom. The van der Waals surface area contributed by atoms with Gasteiger partial charge < -0.3 is 10.2 Å². The maximum atomic E-state index is 12.0. The van der Waals surface area contributed by atoms with Crippen molar-refractivity contribution in [1.29, 1.82) is 0 Å². The van der Waals surface area contributed by atoms with E-state index in [1.807, 2.05) is 67.6 Å². The largest absolute Gasteiger partial charge is 0.354 e. The molecule has 0 radical (unpaired) electrons. The minimum Gasteiger partial charge on any atom is -0.354 e. The second-order valence-corrected chi connectivity index (χ2v) is 6.13. The molecule has 0 heterocycles. The van der Waals surface area contributed by atoms with Crippen LogP contribution in [0.5, 0.6) is 0 Å². The van der Waals surface area contributed by atoms with Gasteiger partial charge in [-0.2, -0.15) is 0 Å². The molecule has 0 aliphatic carbocycles. The fourth-order valence-electron chi connectivity index (χ4n) is 2.84. The Labute approximate surface area is 149 Å². The Morgan fingerprint density at radius 2 is 1.60 bits per heavy atom. The van der Waals surface area contributed by atoms with Crippen LogP contribution in [0.3, 0.4) is 0 Å². The van der Waals surface area contributed by atoms with Gasteiger partial charge in [0, 0.05) is 26.4 Å². The number of amides is 2. The molecule has 4 heteroatoms. The summed E-state index contributed by atoms with van der Waals surface area (Å²) in [7, 11) is 0. The van der Waals surface area contributed by atoms with Crippen molar-refractivity contribution in [3.8, 4) is 0 Å². The van der Waals surface area contributed by atoms with Crippen LogP contribution in [-0.4, -0.2) is 29.8 Å². The van der Waals surface area contributed by atoms with Crippen LogP contribution >= 0.6 is 0 Å². The Bertz CT molecular complexity index is 671. The predicted octanol–water partition coefficient (Wildman–Crippen LogP) is 3.35. The molecule has 2 aromatic rings. The minimum atomic E-state index is -0.0140. The topological polar surface area (TPSA) is 49.4 Å². The minimum absolute atomic E-state index is 0.00916. The number of rotatable bonds is 8. The molecule has 0 fully saturated rings. The second-order valence-electron chi connectivity index (χ2n) is 6.13. The number of aryl methyl sites for hydroxylation is 1. The molecule has 0 spiro atoms. The number of hydrogen-bond donors (Lipinski definition) is 1. The monoisotopic (exact) mass is 338 g/mol. The fourth-order valence-corrected chi connectivity index (χ4v) is 2.84. The summed E-state index contributed by atoms with van der Waals surface area (Å²) in [5.41, 5.74) is 2.24. The van der Waals surface area contributed by atoms with Gasteiger partial charge in [-0.25, -0.2) is 0 Å². The first-order valence-electron chi connectivity index (χ1n) is 8.70. The van der Waals surface area contributed by atoms with Crippen LogP contribution in [0.2, 0.25) is 0 Å². The van der Waals surface area contributed by atoms with E-state index < -0.39 is 0 Å². The third-order valence-corrected chi connectivity index (χ3v) is 4.31. The summed E-state index contributed by atoms with van der Waals surface area (Å²) in [5, 5.41) is 2.91. The van der Waals surface area contributed by atoms with E-state index >= 15 is 0 Å². The van der Waals surface area contributed by atoms with Gasteiger partial charge in [0.15, 0.2) is 0 Å². The van der Waals surface area contributed by atoms with Gasteiger partial charge in [0.2, 0.25) is 11.8 Å². The molecular formula is C21H26N2O2. The van der Waals surface area contributed by atoms with Gasteiger partial charge in [0.25, 0.3) is 0 Å². The molecule has 0 saturated carbocycles. The lowest BCUT2D eigenvalue weighted by Crippen LogP contribution is -2.39. The first-order valence-corrected chi connectivity index (χ1v) is 8.70. The lowest BCUT2D eigenvalue weighted by Gasteiger charge is -2.28. The third kappa shape index (κ3) is 6.07. The molecule has 4 nitrogen and oxygen atoms in total. The summed E-state index contributed by atoms with van der Waals surface area (Å²) in [5.74, 6) is 0.0228. The molecule has 2 rings (SSSR count). The molecule has 0 bridgehead atoms. The van der Waals surface area contributed by atoms with Gasteiger partial charge in [0.1, 0.15) is 0 Å². The highest BCUT2D eigenvalue weighted by Crippen LogP contribution is 2.19. The van der Waals surface area contributed by atoms with E-state index in [0.29, 0.717) is 19.5 Å². The van der Waals surface area contributed by atoms with Crippen molar-refractivity contribution in [1.82, 2.24) is 10.2 Å². The molecule has 0 aliphatic heterocycles. The molecule has 0 saturated heterocycles. The van der Waals surface area contributed by atoms with E-state index in [0.717, 1.165) is 17.5 Å². The standard InChI is InChI=1S/C21H26N2O2/c1-17(20-11-7-4-8-12-20)23(18(2)24)16-15-22-21(25)14-13-19-9-5-3-6-10-19/h3-12,17H,13-16H2,1-2H3,(H,22,25). The second kappa shape index (κ2) is 9.62. The number of benzene rings is 2. The van der Waals surface area contributed by atoms with Crippen LogP contribution in [0.25, 0.3) is 0 Å². The van der Waals surface area contributed by atoms with E-state index in [9.17, 15) is 9.59 Å². The molecule has 0 aromatic heterocycles. The zero-order valence-electron chi connectivity index (χ0n) is 14.9. The highest BCUT2D eigenvalue weighted by atomic mass is 16.2. The van der Waals surface area contributed by atoms with Crippen LogP contribution in [-0.2, 0) is 16.0 Å². The summed E-state index contributed by atoms with van der Waals surface area (Å²) in [6.45, 7) is 4.54. The SMILES string of the molecule is CC(=O)N(CCNC(=O)CCc1ccccc1)C(C)c1ccccc1. The predicted molar refractivity (Wildman–Crippen MR) is 100 cm³/mol. The number of carbonyl (C=O) groups is 2. The van der Waals surface area contributed by atoms with Crippen LogP contribution in [0.15, 0.2) is 60.7 Å². The smallest absolute Gasteiger partial charge is 0.220 e. The van der Waals surface area contributed by atoms with Crippen molar-refractivity contribution in [3.05, 3.63) is 71.8 Å². The number of nitrogens with one attached hydrogen (secondary N) is 1. The average Bonchev–Trinajstić information content (AvgIpc) is 2.64. The zero-order valence-corrected chi connectivity index (χ0v) is 14.9. The lowest BCUT2D eigenvalue weighted by molar-refractivity contribution is -0.131. The molecule has 1 N–H and O–H groups in total. The average molecular weight is 338 g/mol. The molecular weight excluding hydrogens is 312 g/mol. The third-order valence-electron chi connectivity index (χ3n) is 4.31. The van der Waals surface area contributed by atoms with Crippen LogP contribution in [0, 0.1) is 0 Å². The first-order chi connectivity index (χ1) is 12.1. The van der Waals surface area contributed by atoms with Gasteiger partial charge in [-0.05, 0) is 24.5 Å². The van der Waals surface area contributed by atoms with Gasteiger partial charge in [-0.3, -0.25) is 9.59 Å². The van der Waals surface area contributed by atoms with Crippen molar-refractivity contribution in [3.63, 3.8) is 0 Å². The molecule has 132 valence electrons. The Morgan fingerprint density at radius 1 is 1.00 bits per heavy atom. The highest BCUT2D eigenvalue weighted by Gasteiger charge is 2.18. The number of hydrogen-bond acceptors (Lipinski definition) is 2. The van der Waals surface area contributed by atoms with Gasteiger partial charge in [-0.15, -0.1) is 0 Å². The highest BCUT2D eigenvalue weighted by molar-refractivity contribution is 5.76. The summed E-state index contributed by atoms with van der Waals surface area (Å²) >= 11 is 0. The van der Waals surface area contributed by atoms with E-state index in [1.165, 1.54) is 0 Å². The van der Waals surface area contributed by atoms with E-state index in [4.69, 9.17) is 0 Å². The quantitative estimate of drug-likeness (QED) is 0.802. The normalized spacial score (nSPS) is 11.6. The van der Waals surface area contributed by atoms with Crippen molar-refractivity contribution in [2.75, 3.05) is 13.1 Å². The molecule has 1 unspecified atom stereocenters. The summed E-state index contributed by atoms with van der Waals surface area (Å²) < 4.78 is 0. The van der Waals surface area contributed by atoms with Crippen molar-refractivity contribution >= 4 is 11.8 Å². The van der Waals surface area contributed by atoms with Crippen molar-refractivity contribution in [2.24, 2.45) is 0 Å². The zero-order chi connectivity index (χ0) is 18.1. The Hall–Kier alpha value is -2.62. The molecule has 0 aliphatic rings. The van der Waals surface area contributed by atoms with E-state index in [2.05, 4.69) is 5.32 Å². The van der Waals surface area contributed by atoms with Gasteiger partial charge in [-0.1, -0.05) is 60.7 Å². The van der Waals surface area contributed by atoms with E-state index in [-0.39, 0.29) is 17.9 Å². The van der Waals surface area contributed by atoms with Gasteiger partial charge in [0.05, 0.1) is 6.04 Å². The van der Waals surface area contributed by atoms with Crippen molar-refractivity contribution < 1.29 is 9.59 Å². The molecule has 25 heavy (non-hydrogen) atoms. The Balaban J connectivity index is 1.79.